The van der Waals surface area contributed by atoms with Gasteiger partial charge in [-0.1, -0.05) is 13.8 Å². The third-order valence-electron chi connectivity index (χ3n) is 3.19. The Balaban J connectivity index is 2.28. The summed E-state index contributed by atoms with van der Waals surface area (Å²) in [6.07, 6.45) is 1.86. The first-order valence-corrected chi connectivity index (χ1v) is 6.22. The summed E-state index contributed by atoms with van der Waals surface area (Å²) in [5.74, 6) is 0.384. The standard InChI is InChI=1S/C12H24N2O2/c1-9(2)11(15)8-13-10(3)12(16)14-6-4-5-7-14/h9-11,13,15H,4-8H2,1-3H3. The first-order chi connectivity index (χ1) is 7.52. The van der Waals surface area contributed by atoms with Gasteiger partial charge in [0.25, 0.3) is 0 Å². The molecule has 1 saturated heterocycles. The summed E-state index contributed by atoms with van der Waals surface area (Å²) in [5, 5.41) is 12.7. The average molecular weight is 228 g/mol. The van der Waals surface area contributed by atoms with Crippen molar-refractivity contribution in [3.05, 3.63) is 0 Å². The van der Waals surface area contributed by atoms with E-state index in [0.29, 0.717) is 6.54 Å². The Morgan fingerprint density at radius 1 is 1.31 bits per heavy atom. The van der Waals surface area contributed by atoms with Crippen molar-refractivity contribution >= 4 is 5.91 Å². The Labute approximate surface area is 98.0 Å². The molecule has 1 rings (SSSR count). The fraction of sp³-hybridized carbons (Fsp3) is 0.917. The van der Waals surface area contributed by atoms with Crippen LogP contribution in [0, 0.1) is 5.92 Å². The van der Waals surface area contributed by atoms with E-state index in [1.54, 1.807) is 0 Å². The molecule has 0 saturated carbocycles. The van der Waals surface area contributed by atoms with Crippen LogP contribution in [0.15, 0.2) is 0 Å². The zero-order chi connectivity index (χ0) is 12.1. The van der Waals surface area contributed by atoms with Crippen molar-refractivity contribution in [3.63, 3.8) is 0 Å². The second-order valence-corrected chi connectivity index (χ2v) is 4.97. The van der Waals surface area contributed by atoms with Crippen molar-refractivity contribution in [1.29, 1.82) is 0 Å². The highest BCUT2D eigenvalue weighted by Crippen LogP contribution is 2.09. The Hall–Kier alpha value is -0.610. The maximum Gasteiger partial charge on any atom is 0.239 e. The maximum absolute atomic E-state index is 11.9. The molecule has 0 radical (unpaired) electrons. The molecule has 1 heterocycles. The quantitative estimate of drug-likeness (QED) is 0.724. The second-order valence-electron chi connectivity index (χ2n) is 4.97. The van der Waals surface area contributed by atoms with Crippen LogP contribution in [-0.4, -0.2) is 47.7 Å². The van der Waals surface area contributed by atoms with E-state index in [4.69, 9.17) is 0 Å². The van der Waals surface area contributed by atoms with Crippen LogP contribution in [0.1, 0.15) is 33.6 Å². The van der Waals surface area contributed by atoms with Gasteiger partial charge in [0.1, 0.15) is 0 Å². The highest BCUT2D eigenvalue weighted by Gasteiger charge is 2.23. The van der Waals surface area contributed by atoms with Crippen molar-refractivity contribution in [3.8, 4) is 0 Å². The van der Waals surface area contributed by atoms with E-state index in [1.807, 2.05) is 25.7 Å². The Kier molecular flexibility index (Phi) is 5.22. The summed E-state index contributed by atoms with van der Waals surface area (Å²) in [4.78, 5) is 13.8. The van der Waals surface area contributed by atoms with E-state index in [0.717, 1.165) is 25.9 Å². The van der Waals surface area contributed by atoms with Crippen molar-refractivity contribution in [2.45, 2.75) is 45.8 Å². The van der Waals surface area contributed by atoms with Gasteiger partial charge in [-0.05, 0) is 25.7 Å². The number of likely N-dealkylation sites (tertiary alicyclic amines) is 1. The van der Waals surface area contributed by atoms with E-state index in [2.05, 4.69) is 5.32 Å². The number of nitrogens with one attached hydrogen (secondary N) is 1. The molecule has 2 unspecified atom stereocenters. The number of hydrogen-bond acceptors (Lipinski definition) is 3. The third-order valence-corrected chi connectivity index (χ3v) is 3.19. The molecule has 0 aliphatic carbocycles. The van der Waals surface area contributed by atoms with Crippen molar-refractivity contribution in [2.24, 2.45) is 5.92 Å². The zero-order valence-corrected chi connectivity index (χ0v) is 10.6. The molecule has 0 bridgehead atoms. The molecular weight excluding hydrogens is 204 g/mol. The molecule has 0 aromatic carbocycles. The Bertz CT molecular complexity index is 225. The lowest BCUT2D eigenvalue weighted by atomic mass is 10.1. The number of nitrogens with zero attached hydrogens (tertiary/aromatic N) is 1. The minimum atomic E-state index is -0.381. The van der Waals surface area contributed by atoms with Crippen LogP contribution < -0.4 is 5.32 Å². The van der Waals surface area contributed by atoms with Gasteiger partial charge in [-0.3, -0.25) is 4.79 Å². The average Bonchev–Trinajstić information content (AvgIpc) is 2.77. The van der Waals surface area contributed by atoms with Crippen LogP contribution in [0.5, 0.6) is 0 Å². The number of aliphatic hydroxyl groups is 1. The molecule has 4 heteroatoms. The molecule has 16 heavy (non-hydrogen) atoms. The smallest absolute Gasteiger partial charge is 0.239 e. The summed E-state index contributed by atoms with van der Waals surface area (Å²) in [5.41, 5.74) is 0. The number of carbonyl (C=O) groups excluding carboxylic acids is 1. The summed E-state index contributed by atoms with van der Waals surface area (Å²) in [7, 11) is 0. The molecule has 4 nitrogen and oxygen atoms in total. The fourth-order valence-corrected chi connectivity index (χ4v) is 1.83. The SMILES string of the molecule is CC(NCC(O)C(C)C)C(=O)N1CCCC1. The van der Waals surface area contributed by atoms with Crippen LogP contribution in [0.25, 0.3) is 0 Å². The molecule has 1 aliphatic heterocycles. The summed E-state index contributed by atoms with van der Waals surface area (Å²) in [6.45, 7) is 8.07. The Morgan fingerprint density at radius 3 is 2.38 bits per heavy atom. The molecule has 1 fully saturated rings. The minimum Gasteiger partial charge on any atom is -0.392 e. The van der Waals surface area contributed by atoms with E-state index in [1.165, 1.54) is 0 Å². The van der Waals surface area contributed by atoms with Crippen LogP contribution in [0.2, 0.25) is 0 Å². The van der Waals surface area contributed by atoms with Gasteiger partial charge in [0, 0.05) is 19.6 Å². The van der Waals surface area contributed by atoms with Gasteiger partial charge in [-0.25, -0.2) is 0 Å². The van der Waals surface area contributed by atoms with Crippen LogP contribution in [0.4, 0.5) is 0 Å². The van der Waals surface area contributed by atoms with Gasteiger partial charge in [0.2, 0.25) is 5.91 Å². The second kappa shape index (κ2) is 6.21. The van der Waals surface area contributed by atoms with Gasteiger partial charge in [-0.2, -0.15) is 0 Å². The highest BCUT2D eigenvalue weighted by atomic mass is 16.3. The van der Waals surface area contributed by atoms with Crippen molar-refractivity contribution in [2.75, 3.05) is 19.6 Å². The molecule has 0 spiro atoms. The first kappa shape index (κ1) is 13.5. The molecule has 1 aliphatic rings. The number of aliphatic hydroxyl groups excluding tert-OH is 1. The van der Waals surface area contributed by atoms with E-state index >= 15 is 0 Å². The largest absolute Gasteiger partial charge is 0.392 e. The van der Waals surface area contributed by atoms with Crippen molar-refractivity contribution < 1.29 is 9.90 Å². The zero-order valence-electron chi connectivity index (χ0n) is 10.6. The van der Waals surface area contributed by atoms with Gasteiger partial charge < -0.3 is 15.3 Å². The molecule has 0 aromatic heterocycles. The minimum absolute atomic E-state index is 0.161. The molecule has 0 aromatic rings. The van der Waals surface area contributed by atoms with Gasteiger partial charge in [0.05, 0.1) is 12.1 Å². The lowest BCUT2D eigenvalue weighted by molar-refractivity contribution is -0.132. The number of carbonyl (C=O) groups is 1. The lowest BCUT2D eigenvalue weighted by Gasteiger charge is -2.23. The summed E-state index contributed by atoms with van der Waals surface area (Å²) < 4.78 is 0. The molecule has 94 valence electrons. The lowest BCUT2D eigenvalue weighted by Crippen LogP contribution is -2.46. The van der Waals surface area contributed by atoms with Crippen LogP contribution in [-0.2, 0) is 4.79 Å². The predicted molar refractivity (Wildman–Crippen MR) is 64.1 cm³/mol. The third kappa shape index (κ3) is 3.76. The predicted octanol–water partition coefficient (Wildman–Crippen LogP) is 0.604. The topological polar surface area (TPSA) is 52.6 Å². The van der Waals surface area contributed by atoms with Crippen LogP contribution in [0.3, 0.4) is 0 Å². The van der Waals surface area contributed by atoms with E-state index < -0.39 is 0 Å². The molecule has 2 N–H and O–H groups in total. The van der Waals surface area contributed by atoms with Gasteiger partial charge in [-0.15, -0.1) is 0 Å². The van der Waals surface area contributed by atoms with E-state index in [-0.39, 0.29) is 24.0 Å². The Morgan fingerprint density at radius 2 is 1.88 bits per heavy atom. The molecular formula is C12H24N2O2. The number of rotatable bonds is 5. The molecule has 2 atom stereocenters. The monoisotopic (exact) mass is 228 g/mol. The van der Waals surface area contributed by atoms with Crippen LogP contribution >= 0.6 is 0 Å². The van der Waals surface area contributed by atoms with Gasteiger partial charge in [0.15, 0.2) is 0 Å². The van der Waals surface area contributed by atoms with Gasteiger partial charge >= 0.3 is 0 Å². The fourth-order valence-electron chi connectivity index (χ4n) is 1.83. The molecule has 1 amide bonds. The maximum atomic E-state index is 11.9. The summed E-state index contributed by atoms with van der Waals surface area (Å²) in [6, 6.07) is -0.188. The van der Waals surface area contributed by atoms with Crippen molar-refractivity contribution in [1.82, 2.24) is 10.2 Å². The normalized spacial score (nSPS) is 20.2. The number of hydrogen-bond donors (Lipinski definition) is 2. The highest BCUT2D eigenvalue weighted by molar-refractivity contribution is 5.81. The van der Waals surface area contributed by atoms with E-state index in [9.17, 15) is 9.90 Å². The first-order valence-electron chi connectivity index (χ1n) is 6.22. The summed E-state index contributed by atoms with van der Waals surface area (Å²) >= 11 is 0. The number of amides is 1.